The standard InChI is InChI=1S/C22H28N4O2S/c1-17-9-10-21(24-23-17)25-11-5-12-26(14-13-25)22(27)19-7-2-3-8-20(19)29-16-18-6-4-15-28-18/h2-3,7-10,18H,4-6,11-16H2,1H3. The molecule has 0 radical (unpaired) electrons. The van der Waals surface area contributed by atoms with Crippen molar-refractivity contribution in [2.75, 3.05) is 43.4 Å². The largest absolute Gasteiger partial charge is 0.377 e. The van der Waals surface area contributed by atoms with E-state index in [0.717, 1.165) is 73.2 Å². The molecule has 1 unspecified atom stereocenters. The van der Waals surface area contributed by atoms with Gasteiger partial charge in [-0.3, -0.25) is 4.79 Å². The quantitative estimate of drug-likeness (QED) is 0.702. The van der Waals surface area contributed by atoms with E-state index in [1.807, 2.05) is 42.2 Å². The Morgan fingerprint density at radius 1 is 1.10 bits per heavy atom. The Labute approximate surface area is 176 Å². The molecule has 29 heavy (non-hydrogen) atoms. The van der Waals surface area contributed by atoms with Gasteiger partial charge in [0.1, 0.15) is 0 Å². The number of nitrogens with zero attached hydrogens (tertiary/aromatic N) is 4. The van der Waals surface area contributed by atoms with Crippen LogP contribution in [0.5, 0.6) is 0 Å². The lowest BCUT2D eigenvalue weighted by Crippen LogP contribution is -2.35. The minimum absolute atomic E-state index is 0.122. The van der Waals surface area contributed by atoms with E-state index in [1.54, 1.807) is 11.8 Å². The fraction of sp³-hybridized carbons (Fsp3) is 0.500. The number of aromatic nitrogens is 2. The fourth-order valence-electron chi connectivity index (χ4n) is 3.81. The zero-order valence-electron chi connectivity index (χ0n) is 16.9. The summed E-state index contributed by atoms with van der Waals surface area (Å²) in [4.78, 5) is 18.5. The average molecular weight is 413 g/mol. The molecule has 4 rings (SSSR count). The maximum Gasteiger partial charge on any atom is 0.255 e. The lowest BCUT2D eigenvalue weighted by atomic mass is 10.2. The number of hydrogen-bond donors (Lipinski definition) is 0. The van der Waals surface area contributed by atoms with E-state index < -0.39 is 0 Å². The van der Waals surface area contributed by atoms with Gasteiger partial charge in [-0.15, -0.1) is 16.9 Å². The predicted molar refractivity (Wildman–Crippen MR) is 116 cm³/mol. The van der Waals surface area contributed by atoms with Gasteiger partial charge >= 0.3 is 0 Å². The molecule has 6 nitrogen and oxygen atoms in total. The van der Waals surface area contributed by atoms with Crippen LogP contribution >= 0.6 is 11.8 Å². The van der Waals surface area contributed by atoms with Gasteiger partial charge in [0.25, 0.3) is 5.91 Å². The van der Waals surface area contributed by atoms with Crippen LogP contribution in [0.3, 0.4) is 0 Å². The normalized spacial score (nSPS) is 20.0. The molecule has 2 aromatic rings. The van der Waals surface area contributed by atoms with Gasteiger partial charge < -0.3 is 14.5 Å². The molecule has 2 aliphatic heterocycles. The third kappa shape index (κ3) is 5.08. The summed E-state index contributed by atoms with van der Waals surface area (Å²) in [7, 11) is 0. The molecule has 0 saturated carbocycles. The van der Waals surface area contributed by atoms with Crippen molar-refractivity contribution in [1.82, 2.24) is 15.1 Å². The number of rotatable bonds is 5. The number of aryl methyl sites for hydroxylation is 1. The first-order chi connectivity index (χ1) is 14.2. The number of hydrogen-bond acceptors (Lipinski definition) is 6. The van der Waals surface area contributed by atoms with Crippen LogP contribution < -0.4 is 4.90 Å². The first-order valence-corrected chi connectivity index (χ1v) is 11.4. The van der Waals surface area contributed by atoms with Crippen molar-refractivity contribution in [2.24, 2.45) is 0 Å². The highest BCUT2D eigenvalue weighted by Crippen LogP contribution is 2.28. The second-order valence-electron chi connectivity index (χ2n) is 7.61. The summed E-state index contributed by atoms with van der Waals surface area (Å²) in [6.45, 7) is 5.92. The summed E-state index contributed by atoms with van der Waals surface area (Å²) in [6.07, 6.45) is 3.49. The highest BCUT2D eigenvalue weighted by atomic mass is 32.2. The summed E-state index contributed by atoms with van der Waals surface area (Å²) in [5.74, 6) is 1.92. The Bertz CT molecular complexity index is 824. The first-order valence-electron chi connectivity index (χ1n) is 10.4. The maximum atomic E-state index is 13.3. The Morgan fingerprint density at radius 3 is 2.79 bits per heavy atom. The second-order valence-corrected chi connectivity index (χ2v) is 8.67. The molecule has 2 aliphatic rings. The summed E-state index contributed by atoms with van der Waals surface area (Å²) in [6, 6.07) is 12.0. The smallest absolute Gasteiger partial charge is 0.255 e. The predicted octanol–water partition coefficient (Wildman–Crippen LogP) is 3.41. The fourth-order valence-corrected chi connectivity index (χ4v) is 4.92. The van der Waals surface area contributed by atoms with Crippen LogP contribution in [-0.4, -0.2) is 65.6 Å². The van der Waals surface area contributed by atoms with Gasteiger partial charge in [0.05, 0.1) is 17.4 Å². The van der Waals surface area contributed by atoms with Gasteiger partial charge in [-0.1, -0.05) is 12.1 Å². The summed E-state index contributed by atoms with van der Waals surface area (Å²) in [5, 5.41) is 8.47. The van der Waals surface area contributed by atoms with Gasteiger partial charge in [-0.2, -0.15) is 5.10 Å². The van der Waals surface area contributed by atoms with Crippen molar-refractivity contribution < 1.29 is 9.53 Å². The van der Waals surface area contributed by atoms with Crippen molar-refractivity contribution >= 4 is 23.5 Å². The van der Waals surface area contributed by atoms with E-state index in [1.165, 1.54) is 0 Å². The Morgan fingerprint density at radius 2 is 2.00 bits per heavy atom. The number of anilines is 1. The molecule has 1 aromatic heterocycles. The zero-order valence-corrected chi connectivity index (χ0v) is 17.7. The van der Waals surface area contributed by atoms with Crippen LogP contribution in [0.15, 0.2) is 41.3 Å². The topological polar surface area (TPSA) is 58.6 Å². The van der Waals surface area contributed by atoms with Crippen LogP contribution in [0.1, 0.15) is 35.3 Å². The summed E-state index contributed by atoms with van der Waals surface area (Å²) < 4.78 is 5.74. The molecule has 2 fully saturated rings. The minimum Gasteiger partial charge on any atom is -0.377 e. The van der Waals surface area contributed by atoms with Gasteiger partial charge in [0, 0.05) is 43.4 Å². The number of carbonyl (C=O) groups is 1. The monoisotopic (exact) mass is 412 g/mol. The van der Waals surface area contributed by atoms with Gasteiger partial charge in [-0.05, 0) is 50.5 Å². The molecular formula is C22H28N4O2S. The SMILES string of the molecule is Cc1ccc(N2CCCN(C(=O)c3ccccc3SCC3CCCO3)CC2)nn1. The minimum atomic E-state index is 0.122. The van der Waals surface area contributed by atoms with Crippen molar-refractivity contribution in [3.63, 3.8) is 0 Å². The van der Waals surface area contributed by atoms with Crippen molar-refractivity contribution in [3.8, 4) is 0 Å². The molecule has 1 atom stereocenters. The van der Waals surface area contributed by atoms with E-state index >= 15 is 0 Å². The van der Waals surface area contributed by atoms with Crippen LogP contribution in [-0.2, 0) is 4.74 Å². The summed E-state index contributed by atoms with van der Waals surface area (Å²) in [5.41, 5.74) is 1.72. The van der Waals surface area contributed by atoms with E-state index in [2.05, 4.69) is 21.2 Å². The third-order valence-corrected chi connectivity index (χ3v) is 6.66. The Balaban J connectivity index is 1.41. The van der Waals surface area contributed by atoms with Gasteiger partial charge in [0.2, 0.25) is 0 Å². The highest BCUT2D eigenvalue weighted by Gasteiger charge is 2.24. The molecule has 0 N–H and O–H groups in total. The molecule has 1 amide bonds. The lowest BCUT2D eigenvalue weighted by molar-refractivity contribution is 0.0763. The Kier molecular flexibility index (Phi) is 6.67. The molecule has 0 spiro atoms. The molecule has 0 aliphatic carbocycles. The summed E-state index contributed by atoms with van der Waals surface area (Å²) >= 11 is 1.74. The number of carbonyl (C=O) groups excluding carboxylic acids is 1. The number of thioether (sulfide) groups is 1. The second kappa shape index (κ2) is 9.59. The molecule has 2 saturated heterocycles. The molecule has 154 valence electrons. The molecule has 7 heteroatoms. The van der Waals surface area contributed by atoms with Crippen molar-refractivity contribution in [3.05, 3.63) is 47.7 Å². The zero-order chi connectivity index (χ0) is 20.1. The van der Waals surface area contributed by atoms with Crippen LogP contribution in [0.2, 0.25) is 0 Å². The highest BCUT2D eigenvalue weighted by molar-refractivity contribution is 7.99. The van der Waals surface area contributed by atoms with Crippen molar-refractivity contribution in [2.45, 2.75) is 37.2 Å². The lowest BCUT2D eigenvalue weighted by Gasteiger charge is -2.23. The van der Waals surface area contributed by atoms with Crippen LogP contribution in [0, 0.1) is 6.92 Å². The number of amides is 1. The van der Waals surface area contributed by atoms with Gasteiger partial charge in [-0.25, -0.2) is 0 Å². The number of ether oxygens (including phenoxy) is 1. The molecule has 3 heterocycles. The van der Waals surface area contributed by atoms with E-state index in [0.29, 0.717) is 12.6 Å². The van der Waals surface area contributed by atoms with Crippen molar-refractivity contribution in [1.29, 1.82) is 0 Å². The van der Waals surface area contributed by atoms with Crippen LogP contribution in [0.25, 0.3) is 0 Å². The average Bonchev–Trinajstić information content (AvgIpc) is 3.15. The van der Waals surface area contributed by atoms with Crippen LogP contribution in [0.4, 0.5) is 5.82 Å². The molecule has 1 aromatic carbocycles. The Hall–Kier alpha value is -2.12. The third-order valence-electron chi connectivity index (χ3n) is 5.46. The number of benzene rings is 1. The maximum absolute atomic E-state index is 13.3. The van der Waals surface area contributed by atoms with E-state index in [9.17, 15) is 4.79 Å². The van der Waals surface area contributed by atoms with E-state index in [-0.39, 0.29) is 5.91 Å². The first kappa shape index (κ1) is 20.2. The van der Waals surface area contributed by atoms with Gasteiger partial charge in [0.15, 0.2) is 5.82 Å². The van der Waals surface area contributed by atoms with E-state index in [4.69, 9.17) is 4.74 Å². The molecular weight excluding hydrogens is 384 g/mol. The molecule has 0 bridgehead atoms.